The number of carboxylic acids is 3. The number of hydrogen-bond donors (Lipinski definition) is 13. The number of benzene rings is 1. The van der Waals surface area contributed by atoms with Gasteiger partial charge >= 0.3 is 17.9 Å². The summed E-state index contributed by atoms with van der Waals surface area (Å²) < 4.78 is 0. The molecule has 0 aromatic heterocycles. The molecule has 0 aliphatic carbocycles. The highest BCUT2D eigenvalue weighted by molar-refractivity contribution is 7.80. The van der Waals surface area contributed by atoms with Crippen molar-refractivity contribution in [2.75, 3.05) is 25.4 Å². The summed E-state index contributed by atoms with van der Waals surface area (Å²) in [5.74, 6) is -11.4. The average molecular weight is 841 g/mol. The number of rotatable bonds is 23. The number of carboxylic acid groups (broad SMARTS) is 3. The Hall–Kier alpha value is -6.01. The Morgan fingerprint density at radius 2 is 1.43 bits per heavy atom. The first-order chi connectivity index (χ1) is 27.3. The molecule has 23 nitrogen and oxygen atoms in total. The van der Waals surface area contributed by atoms with Crippen LogP contribution in [0, 0.1) is 0 Å². The molecule has 0 bridgehead atoms. The van der Waals surface area contributed by atoms with Crippen molar-refractivity contribution in [3.8, 4) is 5.75 Å². The Morgan fingerprint density at radius 1 is 0.810 bits per heavy atom. The lowest BCUT2D eigenvalue weighted by molar-refractivity contribution is -0.145. The second-order valence-corrected chi connectivity index (χ2v) is 13.5. The number of nitrogens with one attached hydrogen (secondary N) is 6. The minimum atomic E-state index is -1.73. The molecule has 320 valence electrons. The fourth-order valence-corrected chi connectivity index (χ4v) is 5.88. The maximum absolute atomic E-state index is 13.6. The van der Waals surface area contributed by atoms with Crippen LogP contribution in [0.25, 0.3) is 0 Å². The molecule has 1 fully saturated rings. The van der Waals surface area contributed by atoms with Gasteiger partial charge in [0.25, 0.3) is 0 Å². The van der Waals surface area contributed by atoms with Crippen LogP contribution in [0.3, 0.4) is 0 Å². The van der Waals surface area contributed by atoms with Gasteiger partial charge in [-0.3, -0.25) is 43.2 Å². The Labute approximate surface area is 336 Å². The zero-order valence-electron chi connectivity index (χ0n) is 31.2. The van der Waals surface area contributed by atoms with Crippen LogP contribution < -0.4 is 37.6 Å². The third-order valence-corrected chi connectivity index (χ3v) is 8.99. The molecule has 2 rings (SSSR count). The maximum Gasteiger partial charge on any atom is 0.327 e. The van der Waals surface area contributed by atoms with Crippen molar-refractivity contribution in [1.82, 2.24) is 36.8 Å². The molecule has 24 heteroatoms. The molecule has 7 amide bonds. The number of thiol groups is 1. The molecule has 0 unspecified atom stereocenters. The van der Waals surface area contributed by atoms with E-state index in [1.807, 2.05) is 0 Å². The van der Waals surface area contributed by atoms with Crippen LogP contribution in [0.2, 0.25) is 0 Å². The van der Waals surface area contributed by atoms with E-state index in [2.05, 4.69) is 44.5 Å². The molecule has 1 heterocycles. The quantitative estimate of drug-likeness (QED) is 0.0460. The lowest BCUT2D eigenvalue weighted by Crippen LogP contribution is -2.61. The van der Waals surface area contributed by atoms with Gasteiger partial charge < -0.3 is 68.1 Å². The molecule has 0 spiro atoms. The molecule has 1 aliphatic rings. The van der Waals surface area contributed by atoms with Crippen molar-refractivity contribution in [3.05, 3.63) is 29.8 Å². The highest BCUT2D eigenvalue weighted by Gasteiger charge is 2.41. The van der Waals surface area contributed by atoms with Gasteiger partial charge in [-0.1, -0.05) is 12.1 Å². The van der Waals surface area contributed by atoms with E-state index in [4.69, 9.17) is 5.73 Å². The van der Waals surface area contributed by atoms with Gasteiger partial charge in [-0.15, -0.1) is 0 Å². The molecule has 1 aliphatic heterocycles. The van der Waals surface area contributed by atoms with E-state index in [9.17, 15) is 73.5 Å². The van der Waals surface area contributed by atoms with Gasteiger partial charge in [-0.2, -0.15) is 12.6 Å². The van der Waals surface area contributed by atoms with Crippen LogP contribution in [0.1, 0.15) is 44.6 Å². The first kappa shape index (κ1) is 48.1. The van der Waals surface area contributed by atoms with Gasteiger partial charge in [0.15, 0.2) is 0 Å². The summed E-state index contributed by atoms with van der Waals surface area (Å²) in [7, 11) is 0. The molecule has 1 saturated heterocycles. The number of nitrogens with zero attached hydrogens (tertiary/aromatic N) is 1. The second-order valence-electron chi connectivity index (χ2n) is 13.1. The zero-order valence-corrected chi connectivity index (χ0v) is 32.1. The Kier molecular flexibility index (Phi) is 19.3. The van der Waals surface area contributed by atoms with E-state index in [-0.39, 0.29) is 37.3 Å². The van der Waals surface area contributed by atoms with E-state index in [1.54, 1.807) is 0 Å². The van der Waals surface area contributed by atoms with Crippen LogP contribution in [-0.4, -0.2) is 157 Å². The van der Waals surface area contributed by atoms with Crippen LogP contribution in [-0.2, 0) is 54.4 Å². The Bertz CT molecular complexity index is 1700. The molecule has 0 radical (unpaired) electrons. The third-order valence-electron chi connectivity index (χ3n) is 8.63. The number of nitrogens with two attached hydrogens (primary N) is 1. The second kappa shape index (κ2) is 23.3. The number of phenolic OH excluding ortho intramolecular Hbond substituents is 1. The summed E-state index contributed by atoms with van der Waals surface area (Å²) in [6.07, 6.45) is -3.50. The van der Waals surface area contributed by atoms with Gasteiger partial charge in [-0.25, -0.2) is 4.79 Å². The van der Waals surface area contributed by atoms with Gasteiger partial charge in [0.2, 0.25) is 41.4 Å². The maximum atomic E-state index is 13.6. The van der Waals surface area contributed by atoms with Crippen molar-refractivity contribution in [1.29, 1.82) is 0 Å². The van der Waals surface area contributed by atoms with E-state index in [1.165, 1.54) is 24.3 Å². The highest BCUT2D eigenvalue weighted by atomic mass is 32.1. The third kappa shape index (κ3) is 15.5. The minimum absolute atomic E-state index is 0.0301. The average Bonchev–Trinajstić information content (AvgIpc) is 3.66. The summed E-state index contributed by atoms with van der Waals surface area (Å²) in [5.41, 5.74) is 5.69. The fourth-order valence-electron chi connectivity index (χ4n) is 5.64. The van der Waals surface area contributed by atoms with Crippen molar-refractivity contribution in [2.24, 2.45) is 5.73 Å². The van der Waals surface area contributed by atoms with Gasteiger partial charge in [0.05, 0.1) is 25.6 Å². The largest absolute Gasteiger partial charge is 0.508 e. The molecule has 0 saturated carbocycles. The number of aromatic hydroxyl groups is 1. The van der Waals surface area contributed by atoms with E-state index in [0.717, 1.165) is 11.8 Å². The van der Waals surface area contributed by atoms with E-state index in [0.29, 0.717) is 5.56 Å². The smallest absolute Gasteiger partial charge is 0.327 e. The van der Waals surface area contributed by atoms with Gasteiger partial charge in [0, 0.05) is 25.1 Å². The Balaban J connectivity index is 2.20. The standard InChI is InChI=1S/C34H48N8O15S/c1-16(43)28(41-31(53)21(12-27(49)50)37-24(45)13-35)33(55)42-10-2-3-23(42)32(54)39-19(8-9-26(47)48)29(51)36-14-25(46)38-20(11-17-4-6-18(44)7-5-17)30(52)40-22(15-58)34(56)57/h4-7,16,19-23,28,43-44,58H,2-3,8-15,35H2,1H3,(H,36,51)(H,37,45)(H,38,46)(H,39,54)(H,40,52)(H,41,53)(H,47,48)(H,49,50)(H,56,57)/t16-,19+,20+,21+,22+,23+,28+/m1/s1. The first-order valence-corrected chi connectivity index (χ1v) is 18.4. The predicted octanol–water partition coefficient (Wildman–Crippen LogP) is -4.84. The van der Waals surface area contributed by atoms with E-state index >= 15 is 0 Å². The number of aliphatic hydroxyl groups is 1. The lowest BCUT2D eigenvalue weighted by atomic mass is 10.0. The molecule has 7 atom stereocenters. The minimum Gasteiger partial charge on any atom is -0.508 e. The van der Waals surface area contributed by atoms with Crippen molar-refractivity contribution in [2.45, 2.75) is 87.8 Å². The Morgan fingerprint density at radius 3 is 1.98 bits per heavy atom. The molecular weight excluding hydrogens is 792 g/mol. The summed E-state index contributed by atoms with van der Waals surface area (Å²) in [4.78, 5) is 126. The number of aliphatic hydroxyl groups excluding tert-OH is 1. The van der Waals surface area contributed by atoms with Crippen LogP contribution in [0.4, 0.5) is 0 Å². The molecule has 1 aromatic carbocycles. The van der Waals surface area contributed by atoms with Crippen LogP contribution in [0.5, 0.6) is 5.75 Å². The summed E-state index contributed by atoms with van der Waals surface area (Å²) >= 11 is 3.91. The predicted molar refractivity (Wildman–Crippen MR) is 201 cm³/mol. The van der Waals surface area contributed by atoms with Gasteiger partial charge in [-0.05, 0) is 43.9 Å². The molecule has 13 N–H and O–H groups in total. The van der Waals surface area contributed by atoms with Crippen molar-refractivity contribution < 1.29 is 73.5 Å². The number of aliphatic carboxylic acids is 3. The van der Waals surface area contributed by atoms with E-state index < -0.39 is 134 Å². The number of hydrogen-bond acceptors (Lipinski definition) is 14. The molecule has 58 heavy (non-hydrogen) atoms. The summed E-state index contributed by atoms with van der Waals surface area (Å²) in [5, 5.41) is 61.4. The van der Waals surface area contributed by atoms with Crippen LogP contribution in [0.15, 0.2) is 24.3 Å². The number of likely N-dealkylation sites (tertiary alicyclic amines) is 1. The number of carbonyl (C=O) groups excluding carboxylic acids is 7. The molecule has 1 aromatic rings. The fraction of sp³-hybridized carbons (Fsp3) is 0.529. The topological polar surface area (TPSA) is 373 Å². The summed E-state index contributed by atoms with van der Waals surface area (Å²) in [6, 6.07) is -3.53. The number of amides is 7. The normalized spacial score (nSPS) is 16.6. The lowest BCUT2D eigenvalue weighted by Gasteiger charge is -2.31. The molecular formula is C34H48N8O15S. The number of phenols is 1. The zero-order chi connectivity index (χ0) is 43.7. The SMILES string of the molecule is C[C@@H](O)[C@H](NC(=O)[C@H](CC(=O)O)NC(=O)CN)C(=O)N1CCC[C@H]1C(=O)N[C@@H](CCC(=O)O)C(=O)NCC(=O)N[C@@H](Cc1ccc(O)cc1)C(=O)N[C@@H](CS)C(=O)O. The van der Waals surface area contributed by atoms with Crippen LogP contribution >= 0.6 is 12.6 Å². The summed E-state index contributed by atoms with van der Waals surface area (Å²) in [6.45, 7) is -0.312. The first-order valence-electron chi connectivity index (χ1n) is 17.8. The monoisotopic (exact) mass is 840 g/mol. The van der Waals surface area contributed by atoms with Crippen molar-refractivity contribution >= 4 is 71.9 Å². The highest BCUT2D eigenvalue weighted by Crippen LogP contribution is 2.20. The van der Waals surface area contributed by atoms with Crippen molar-refractivity contribution in [3.63, 3.8) is 0 Å². The van der Waals surface area contributed by atoms with Gasteiger partial charge in [0.1, 0.15) is 42.0 Å². The number of carbonyl (C=O) groups is 10.